The predicted octanol–water partition coefficient (Wildman–Crippen LogP) is 3.66. The van der Waals surface area contributed by atoms with Gasteiger partial charge in [0.15, 0.2) is 0 Å². The molecule has 0 aliphatic carbocycles. The summed E-state index contributed by atoms with van der Waals surface area (Å²) < 4.78 is 14.7. The molecule has 1 aromatic carbocycles. The Morgan fingerprint density at radius 2 is 2.24 bits per heavy atom. The number of benzene rings is 1. The fourth-order valence-corrected chi connectivity index (χ4v) is 2.73. The van der Waals surface area contributed by atoms with E-state index in [9.17, 15) is 4.39 Å². The molecule has 2 nitrogen and oxygen atoms in total. The SMILES string of the molecule is CNC(c1csc(C)n1)c1cc(Br)ccc1F. The highest BCUT2D eigenvalue weighted by molar-refractivity contribution is 9.10. The van der Waals surface area contributed by atoms with Gasteiger partial charge in [0.25, 0.3) is 0 Å². The standard InChI is InChI=1S/C12H12BrFN2S/c1-7-16-11(6-17-7)12(15-2)9-5-8(13)3-4-10(9)14/h3-6,12,15H,1-2H3. The third-order valence-corrected chi connectivity index (χ3v) is 3.78. The van der Waals surface area contributed by atoms with E-state index < -0.39 is 0 Å². The van der Waals surface area contributed by atoms with E-state index in [0.29, 0.717) is 5.56 Å². The predicted molar refractivity (Wildman–Crippen MR) is 71.9 cm³/mol. The molecule has 1 aromatic heterocycles. The fraction of sp³-hybridized carbons (Fsp3) is 0.250. The maximum Gasteiger partial charge on any atom is 0.128 e. The quantitative estimate of drug-likeness (QED) is 0.935. The van der Waals surface area contributed by atoms with E-state index in [1.807, 2.05) is 12.3 Å². The van der Waals surface area contributed by atoms with Crippen molar-refractivity contribution < 1.29 is 4.39 Å². The molecule has 5 heteroatoms. The summed E-state index contributed by atoms with van der Waals surface area (Å²) in [6, 6.07) is 4.73. The number of aryl methyl sites for hydroxylation is 1. The summed E-state index contributed by atoms with van der Waals surface area (Å²) in [6.07, 6.45) is 0. The van der Waals surface area contributed by atoms with Crippen molar-refractivity contribution in [2.24, 2.45) is 0 Å². The van der Waals surface area contributed by atoms with Gasteiger partial charge in [-0.05, 0) is 32.2 Å². The Bertz CT molecular complexity index is 527. The Hall–Kier alpha value is -0.780. The van der Waals surface area contributed by atoms with Crippen LogP contribution < -0.4 is 5.32 Å². The minimum Gasteiger partial charge on any atom is -0.308 e. The monoisotopic (exact) mass is 314 g/mol. The van der Waals surface area contributed by atoms with Crippen LogP contribution in [0.2, 0.25) is 0 Å². The first-order valence-electron chi connectivity index (χ1n) is 5.16. The molecule has 0 aliphatic heterocycles. The molecule has 0 fully saturated rings. The number of halogens is 2. The zero-order chi connectivity index (χ0) is 12.4. The molecule has 1 N–H and O–H groups in total. The topological polar surface area (TPSA) is 24.9 Å². The zero-order valence-electron chi connectivity index (χ0n) is 9.50. The largest absolute Gasteiger partial charge is 0.308 e. The number of rotatable bonds is 3. The molecule has 0 bridgehead atoms. The second kappa shape index (κ2) is 5.25. The lowest BCUT2D eigenvalue weighted by Crippen LogP contribution is -2.19. The molecule has 2 aromatic rings. The summed E-state index contributed by atoms with van der Waals surface area (Å²) in [5, 5.41) is 6.04. The van der Waals surface area contributed by atoms with Crippen molar-refractivity contribution in [2.45, 2.75) is 13.0 Å². The number of aromatic nitrogens is 1. The number of hydrogen-bond acceptors (Lipinski definition) is 3. The molecule has 1 atom stereocenters. The average molecular weight is 315 g/mol. The molecular weight excluding hydrogens is 303 g/mol. The van der Waals surface area contributed by atoms with E-state index in [1.165, 1.54) is 6.07 Å². The van der Waals surface area contributed by atoms with Crippen LogP contribution in [0.15, 0.2) is 28.1 Å². The molecule has 1 heterocycles. The zero-order valence-corrected chi connectivity index (χ0v) is 11.9. The molecular formula is C12H12BrFN2S. The highest BCUT2D eigenvalue weighted by atomic mass is 79.9. The first-order chi connectivity index (χ1) is 8.11. The number of nitrogens with zero attached hydrogens (tertiary/aromatic N) is 1. The van der Waals surface area contributed by atoms with Gasteiger partial charge in [-0.15, -0.1) is 11.3 Å². The lowest BCUT2D eigenvalue weighted by molar-refractivity contribution is 0.571. The second-order valence-corrected chi connectivity index (χ2v) is 5.66. The van der Waals surface area contributed by atoms with E-state index in [1.54, 1.807) is 30.5 Å². The van der Waals surface area contributed by atoms with Gasteiger partial charge in [-0.3, -0.25) is 0 Å². The molecule has 17 heavy (non-hydrogen) atoms. The average Bonchev–Trinajstić information content (AvgIpc) is 2.71. The highest BCUT2D eigenvalue weighted by Gasteiger charge is 2.18. The first kappa shape index (κ1) is 12.7. The lowest BCUT2D eigenvalue weighted by Gasteiger charge is -2.15. The van der Waals surface area contributed by atoms with Gasteiger partial charge in [-0.1, -0.05) is 15.9 Å². The van der Waals surface area contributed by atoms with Crippen LogP contribution in [0.3, 0.4) is 0 Å². The first-order valence-corrected chi connectivity index (χ1v) is 6.83. The van der Waals surface area contributed by atoms with Crippen LogP contribution in [0, 0.1) is 12.7 Å². The van der Waals surface area contributed by atoms with Gasteiger partial charge in [-0.2, -0.15) is 0 Å². The normalized spacial score (nSPS) is 12.7. The van der Waals surface area contributed by atoms with E-state index in [0.717, 1.165) is 15.2 Å². The molecule has 2 rings (SSSR count). The van der Waals surface area contributed by atoms with Crippen molar-refractivity contribution in [1.82, 2.24) is 10.3 Å². The van der Waals surface area contributed by atoms with E-state index in [-0.39, 0.29) is 11.9 Å². The van der Waals surface area contributed by atoms with Gasteiger partial charge in [0.05, 0.1) is 16.7 Å². The third kappa shape index (κ3) is 2.73. The summed E-state index contributed by atoms with van der Waals surface area (Å²) in [5.41, 5.74) is 1.46. The Morgan fingerprint density at radius 3 is 2.82 bits per heavy atom. The van der Waals surface area contributed by atoms with Gasteiger partial charge >= 0.3 is 0 Å². The van der Waals surface area contributed by atoms with Gasteiger partial charge in [-0.25, -0.2) is 9.37 Å². The minimum atomic E-state index is -0.224. The molecule has 0 saturated carbocycles. The summed E-state index contributed by atoms with van der Waals surface area (Å²) in [4.78, 5) is 4.40. The molecule has 1 unspecified atom stereocenters. The van der Waals surface area contributed by atoms with Crippen molar-refractivity contribution >= 4 is 27.3 Å². The summed E-state index contributed by atoms with van der Waals surface area (Å²) in [6.45, 7) is 1.94. The van der Waals surface area contributed by atoms with Gasteiger partial charge in [0.1, 0.15) is 5.82 Å². The maximum absolute atomic E-state index is 13.8. The number of nitrogens with one attached hydrogen (secondary N) is 1. The Morgan fingerprint density at radius 1 is 1.47 bits per heavy atom. The van der Waals surface area contributed by atoms with Crippen molar-refractivity contribution in [3.05, 3.63) is 50.1 Å². The van der Waals surface area contributed by atoms with Crippen LogP contribution >= 0.6 is 27.3 Å². The summed E-state index contributed by atoms with van der Waals surface area (Å²) in [7, 11) is 1.81. The van der Waals surface area contributed by atoms with Crippen molar-refractivity contribution in [3.63, 3.8) is 0 Å². The van der Waals surface area contributed by atoms with Crippen LogP contribution in [0.4, 0.5) is 4.39 Å². The molecule has 0 spiro atoms. The van der Waals surface area contributed by atoms with Crippen LogP contribution in [0.5, 0.6) is 0 Å². The van der Waals surface area contributed by atoms with Crippen LogP contribution in [0.1, 0.15) is 22.3 Å². The molecule has 0 aliphatic rings. The highest BCUT2D eigenvalue weighted by Crippen LogP contribution is 2.27. The maximum atomic E-state index is 13.8. The van der Waals surface area contributed by atoms with Crippen LogP contribution in [0.25, 0.3) is 0 Å². The second-order valence-electron chi connectivity index (χ2n) is 3.68. The lowest BCUT2D eigenvalue weighted by atomic mass is 10.0. The molecule has 90 valence electrons. The number of hydrogen-bond donors (Lipinski definition) is 1. The third-order valence-electron chi connectivity index (χ3n) is 2.49. The van der Waals surface area contributed by atoms with Crippen molar-refractivity contribution in [1.29, 1.82) is 0 Å². The Labute approximate surface area is 112 Å². The summed E-state index contributed by atoms with van der Waals surface area (Å²) in [5.74, 6) is -0.224. The molecule has 0 amide bonds. The smallest absolute Gasteiger partial charge is 0.128 e. The van der Waals surface area contributed by atoms with Crippen LogP contribution in [-0.2, 0) is 0 Å². The van der Waals surface area contributed by atoms with E-state index in [2.05, 4.69) is 26.2 Å². The number of thiazole rings is 1. The van der Waals surface area contributed by atoms with Crippen molar-refractivity contribution in [2.75, 3.05) is 7.05 Å². The fourth-order valence-electron chi connectivity index (χ4n) is 1.71. The molecule has 0 radical (unpaired) electrons. The van der Waals surface area contributed by atoms with Gasteiger partial charge in [0, 0.05) is 15.4 Å². The van der Waals surface area contributed by atoms with Crippen LogP contribution in [-0.4, -0.2) is 12.0 Å². The summed E-state index contributed by atoms with van der Waals surface area (Å²) >= 11 is 4.93. The van der Waals surface area contributed by atoms with Gasteiger partial charge < -0.3 is 5.32 Å². The van der Waals surface area contributed by atoms with E-state index in [4.69, 9.17) is 0 Å². The Kier molecular flexibility index (Phi) is 3.91. The molecule has 0 saturated heterocycles. The van der Waals surface area contributed by atoms with Crippen molar-refractivity contribution in [3.8, 4) is 0 Å². The van der Waals surface area contributed by atoms with E-state index >= 15 is 0 Å². The minimum absolute atomic E-state index is 0.211. The Balaban J connectivity index is 2.45. The van der Waals surface area contributed by atoms with Gasteiger partial charge in [0.2, 0.25) is 0 Å².